The molecule has 1 aromatic heterocycles. The van der Waals surface area contributed by atoms with E-state index in [1.165, 1.54) is 0 Å². The van der Waals surface area contributed by atoms with Gasteiger partial charge in [0.1, 0.15) is 0 Å². The number of anilines is 1. The summed E-state index contributed by atoms with van der Waals surface area (Å²) >= 11 is 0. The average molecular weight is 313 g/mol. The Kier molecular flexibility index (Phi) is 4.71. The van der Waals surface area contributed by atoms with E-state index in [4.69, 9.17) is 0 Å². The lowest BCUT2D eigenvalue weighted by molar-refractivity contribution is 0.102. The van der Waals surface area contributed by atoms with Gasteiger partial charge in [-0.2, -0.15) is 0 Å². The zero-order valence-electron chi connectivity index (χ0n) is 13.7. The number of nitrogens with zero attached hydrogens (tertiary/aromatic N) is 3. The molecule has 1 saturated heterocycles. The molecule has 6 nitrogen and oxygen atoms in total. The van der Waals surface area contributed by atoms with Crippen LogP contribution in [0, 0.1) is 6.92 Å². The Labute approximate surface area is 136 Å². The number of hydrogen-bond acceptors (Lipinski definition) is 4. The predicted octanol–water partition coefficient (Wildman–Crippen LogP) is 2.33. The zero-order valence-corrected chi connectivity index (χ0v) is 13.7. The number of hydrogen-bond donors (Lipinski definition) is 2. The number of nitrogens with one attached hydrogen (secondary N) is 2. The average Bonchev–Trinajstić information content (AvgIpc) is 2.98. The highest BCUT2D eigenvalue weighted by Crippen LogP contribution is 2.21. The smallest absolute Gasteiger partial charge is 0.278 e. The predicted molar refractivity (Wildman–Crippen MR) is 89.7 cm³/mol. The molecule has 1 fully saturated rings. The Bertz CT molecular complexity index is 688. The van der Waals surface area contributed by atoms with E-state index in [0.717, 1.165) is 49.3 Å². The van der Waals surface area contributed by atoms with E-state index in [-0.39, 0.29) is 5.91 Å². The molecule has 1 aliphatic heterocycles. The van der Waals surface area contributed by atoms with Gasteiger partial charge in [0.15, 0.2) is 5.69 Å². The van der Waals surface area contributed by atoms with E-state index in [2.05, 4.69) is 27.9 Å². The van der Waals surface area contributed by atoms with Crippen LogP contribution in [0.2, 0.25) is 0 Å². The van der Waals surface area contributed by atoms with Crippen molar-refractivity contribution in [1.82, 2.24) is 20.3 Å². The number of carbonyl (C=O) groups is 1. The highest BCUT2D eigenvalue weighted by Gasteiger charge is 2.23. The van der Waals surface area contributed by atoms with Gasteiger partial charge in [-0.3, -0.25) is 4.79 Å². The first kappa shape index (κ1) is 15.7. The number of para-hydroxylation sites is 1. The van der Waals surface area contributed by atoms with Crippen molar-refractivity contribution < 1.29 is 4.79 Å². The van der Waals surface area contributed by atoms with E-state index >= 15 is 0 Å². The third-order valence-electron chi connectivity index (χ3n) is 4.44. The lowest BCUT2D eigenvalue weighted by Gasteiger charge is -2.23. The van der Waals surface area contributed by atoms with Crippen molar-refractivity contribution in [3.05, 3.63) is 41.2 Å². The van der Waals surface area contributed by atoms with Gasteiger partial charge < -0.3 is 10.6 Å². The second-order valence-corrected chi connectivity index (χ2v) is 5.91. The molecule has 122 valence electrons. The summed E-state index contributed by atoms with van der Waals surface area (Å²) in [5.41, 5.74) is 3.21. The van der Waals surface area contributed by atoms with E-state index in [9.17, 15) is 4.79 Å². The number of benzene rings is 1. The quantitative estimate of drug-likeness (QED) is 0.909. The van der Waals surface area contributed by atoms with Crippen LogP contribution >= 0.6 is 0 Å². The summed E-state index contributed by atoms with van der Waals surface area (Å²) in [5.74, 6) is -0.191. The maximum absolute atomic E-state index is 12.6. The summed E-state index contributed by atoms with van der Waals surface area (Å²) in [4.78, 5) is 12.6. The van der Waals surface area contributed by atoms with Crippen LogP contribution in [-0.2, 0) is 6.42 Å². The highest BCUT2D eigenvalue weighted by molar-refractivity contribution is 6.03. The number of amides is 1. The highest BCUT2D eigenvalue weighted by atomic mass is 16.2. The van der Waals surface area contributed by atoms with Crippen molar-refractivity contribution in [3.63, 3.8) is 0 Å². The molecule has 2 aromatic rings. The maximum atomic E-state index is 12.6. The molecule has 23 heavy (non-hydrogen) atoms. The molecule has 0 radical (unpaired) electrons. The van der Waals surface area contributed by atoms with Gasteiger partial charge >= 0.3 is 0 Å². The van der Waals surface area contributed by atoms with Crippen LogP contribution in [0.15, 0.2) is 24.3 Å². The first-order valence-corrected chi connectivity index (χ1v) is 8.22. The van der Waals surface area contributed by atoms with Crippen LogP contribution in [-0.4, -0.2) is 34.0 Å². The van der Waals surface area contributed by atoms with Crippen LogP contribution in [0.3, 0.4) is 0 Å². The molecule has 0 bridgehead atoms. The third-order valence-corrected chi connectivity index (χ3v) is 4.44. The topological polar surface area (TPSA) is 71.8 Å². The molecule has 0 spiro atoms. The third kappa shape index (κ3) is 3.27. The monoisotopic (exact) mass is 313 g/mol. The second-order valence-electron chi connectivity index (χ2n) is 5.91. The van der Waals surface area contributed by atoms with Gasteiger partial charge in [-0.15, -0.1) is 5.10 Å². The summed E-state index contributed by atoms with van der Waals surface area (Å²) in [5, 5.41) is 14.7. The molecule has 1 amide bonds. The molecule has 1 aromatic carbocycles. The van der Waals surface area contributed by atoms with Crippen molar-refractivity contribution in [1.29, 1.82) is 0 Å². The van der Waals surface area contributed by atoms with Gasteiger partial charge in [0.05, 0.1) is 11.7 Å². The van der Waals surface area contributed by atoms with Crippen molar-refractivity contribution in [2.75, 3.05) is 18.4 Å². The van der Waals surface area contributed by atoms with Crippen molar-refractivity contribution in [2.24, 2.45) is 0 Å². The van der Waals surface area contributed by atoms with Crippen molar-refractivity contribution in [2.45, 2.75) is 39.2 Å². The van der Waals surface area contributed by atoms with Crippen LogP contribution in [0.1, 0.15) is 47.6 Å². The molecule has 2 N–H and O–H groups in total. The molecular weight excluding hydrogens is 290 g/mol. The number of piperidine rings is 1. The van der Waals surface area contributed by atoms with Crippen molar-refractivity contribution >= 4 is 11.6 Å². The maximum Gasteiger partial charge on any atom is 0.278 e. The Morgan fingerprint density at radius 1 is 1.35 bits per heavy atom. The minimum atomic E-state index is -0.191. The molecule has 0 atom stereocenters. The molecule has 0 unspecified atom stereocenters. The Morgan fingerprint density at radius 3 is 2.83 bits per heavy atom. The molecule has 1 aliphatic rings. The van der Waals surface area contributed by atoms with E-state index in [1.54, 1.807) is 0 Å². The fraction of sp³-hybridized carbons (Fsp3) is 0.471. The van der Waals surface area contributed by atoms with Crippen molar-refractivity contribution in [3.8, 4) is 0 Å². The second kappa shape index (κ2) is 6.91. The van der Waals surface area contributed by atoms with Crippen LogP contribution in [0.4, 0.5) is 5.69 Å². The molecular formula is C17H23N5O. The van der Waals surface area contributed by atoms with Gasteiger partial charge in [0, 0.05) is 5.69 Å². The summed E-state index contributed by atoms with van der Waals surface area (Å²) < 4.78 is 1.90. The SMILES string of the molecule is CCc1ccccc1NC(=O)c1nnn(C2CCNCC2)c1C. The van der Waals surface area contributed by atoms with Gasteiger partial charge in [-0.05, 0) is 50.9 Å². The summed E-state index contributed by atoms with van der Waals surface area (Å²) in [6, 6.07) is 8.17. The first-order valence-electron chi connectivity index (χ1n) is 8.22. The van der Waals surface area contributed by atoms with Gasteiger partial charge in [0.25, 0.3) is 5.91 Å². The van der Waals surface area contributed by atoms with E-state index < -0.39 is 0 Å². The van der Waals surface area contributed by atoms with Gasteiger partial charge in [-0.25, -0.2) is 4.68 Å². The molecule has 3 rings (SSSR count). The van der Waals surface area contributed by atoms with Gasteiger partial charge in [-0.1, -0.05) is 30.3 Å². The summed E-state index contributed by atoms with van der Waals surface area (Å²) in [6.45, 7) is 5.96. The molecule has 0 saturated carbocycles. The van der Waals surface area contributed by atoms with Crippen LogP contribution < -0.4 is 10.6 Å². The van der Waals surface area contributed by atoms with Gasteiger partial charge in [0.2, 0.25) is 0 Å². The lowest BCUT2D eigenvalue weighted by atomic mass is 10.1. The first-order chi connectivity index (χ1) is 11.2. The zero-order chi connectivity index (χ0) is 16.2. The Morgan fingerprint density at radius 2 is 2.09 bits per heavy atom. The van der Waals surface area contributed by atoms with E-state index in [1.807, 2.05) is 35.9 Å². The molecule has 2 heterocycles. The largest absolute Gasteiger partial charge is 0.320 e. The molecule has 6 heteroatoms. The fourth-order valence-corrected chi connectivity index (χ4v) is 3.08. The Balaban J connectivity index is 1.79. The lowest BCUT2D eigenvalue weighted by Crippen LogP contribution is -2.30. The number of aromatic nitrogens is 3. The Hall–Kier alpha value is -2.21. The van der Waals surface area contributed by atoms with E-state index in [0.29, 0.717) is 11.7 Å². The summed E-state index contributed by atoms with van der Waals surface area (Å²) in [7, 11) is 0. The number of aryl methyl sites for hydroxylation is 1. The van der Waals surface area contributed by atoms with Crippen LogP contribution in [0.25, 0.3) is 0 Å². The minimum absolute atomic E-state index is 0.191. The number of rotatable bonds is 4. The number of carbonyl (C=O) groups excluding carboxylic acids is 1. The fourth-order valence-electron chi connectivity index (χ4n) is 3.08. The normalized spacial score (nSPS) is 15.6. The summed E-state index contributed by atoms with van der Waals surface area (Å²) in [6.07, 6.45) is 2.91. The minimum Gasteiger partial charge on any atom is -0.320 e. The molecule has 0 aliphatic carbocycles. The standard InChI is InChI=1S/C17H23N5O/c1-3-13-6-4-5-7-15(13)19-17(23)16-12(2)22(21-20-16)14-8-10-18-11-9-14/h4-7,14,18H,3,8-11H2,1-2H3,(H,19,23). The van der Waals surface area contributed by atoms with Crippen LogP contribution in [0.5, 0.6) is 0 Å².